The molecule has 1 aromatic carbocycles. The van der Waals surface area contributed by atoms with Gasteiger partial charge in [0.1, 0.15) is 7.14 Å². The van der Waals surface area contributed by atoms with E-state index in [4.69, 9.17) is 5.73 Å². The van der Waals surface area contributed by atoms with Crippen LogP contribution in [0.3, 0.4) is 0 Å². The topological polar surface area (TPSA) is 61.6 Å². The first-order valence-corrected chi connectivity index (χ1v) is 7.05. The van der Waals surface area contributed by atoms with Gasteiger partial charge in [-0.15, -0.1) is 8.78 Å². The fourth-order valence-electron chi connectivity index (χ4n) is 1.45. The van der Waals surface area contributed by atoms with Crippen molar-refractivity contribution >= 4 is 18.1 Å². The monoisotopic (exact) mass is 249 g/mol. The van der Waals surface area contributed by atoms with Gasteiger partial charge in [0.05, 0.1) is 11.0 Å². The summed E-state index contributed by atoms with van der Waals surface area (Å²) in [6, 6.07) is 2.79. The molecule has 1 aliphatic rings. The van der Waals surface area contributed by atoms with E-state index in [-0.39, 0.29) is 22.5 Å². The van der Waals surface area contributed by atoms with Crippen LogP contribution in [0.1, 0.15) is 0 Å². The van der Waals surface area contributed by atoms with Crippen molar-refractivity contribution in [2.24, 2.45) is 0 Å². The van der Waals surface area contributed by atoms with E-state index in [1.54, 1.807) is 0 Å². The Hall–Kier alpha value is -1.29. The summed E-state index contributed by atoms with van der Waals surface area (Å²) in [7, 11) is -2.73. The Bertz CT molecular complexity index is 498. The number of alkyl halides is 2. The lowest BCUT2D eigenvalue weighted by Crippen LogP contribution is -2.26. The molecule has 1 aliphatic heterocycles. The Morgan fingerprint density at radius 2 is 1.81 bits per heavy atom. The predicted molar refractivity (Wildman–Crippen MR) is 56.1 cm³/mol. The summed E-state index contributed by atoms with van der Waals surface area (Å²) in [6.45, 7) is 2.91. The zero-order chi connectivity index (χ0) is 12.1. The highest BCUT2D eigenvalue weighted by Gasteiger charge is 2.46. The van der Waals surface area contributed by atoms with Crippen LogP contribution in [0.4, 0.5) is 14.5 Å². The summed E-state index contributed by atoms with van der Waals surface area (Å²) in [5.74, 6) is -0.468. The maximum atomic E-state index is 12.9. The van der Waals surface area contributed by atoms with Crippen LogP contribution >= 0.6 is 7.14 Å². The standard InChI is InChI=1S/C9H10F2NO3P/c1-16(2,13)6-4-3-5(12)7-8(6)15-9(10,11)14-7/h3-4H,12H2,1-2H3. The van der Waals surface area contributed by atoms with Gasteiger partial charge in [-0.3, -0.25) is 0 Å². The van der Waals surface area contributed by atoms with E-state index in [9.17, 15) is 13.3 Å². The summed E-state index contributed by atoms with van der Waals surface area (Å²) in [6.07, 6.45) is -3.75. The van der Waals surface area contributed by atoms with Gasteiger partial charge in [0.15, 0.2) is 11.5 Å². The third-order valence-corrected chi connectivity index (χ3v) is 3.66. The van der Waals surface area contributed by atoms with Crippen LogP contribution in [-0.4, -0.2) is 19.6 Å². The predicted octanol–water partition coefficient (Wildman–Crippen LogP) is 1.84. The molecule has 0 spiro atoms. The SMILES string of the molecule is CP(C)(=O)c1ccc(N)c2c1OC(F)(F)O2. The molecule has 0 aliphatic carbocycles. The Balaban J connectivity index is 2.64. The number of anilines is 1. The molecule has 16 heavy (non-hydrogen) atoms. The largest absolute Gasteiger partial charge is 0.586 e. The number of hydrogen-bond donors (Lipinski definition) is 1. The molecule has 0 saturated heterocycles. The van der Waals surface area contributed by atoms with Gasteiger partial charge in [0.2, 0.25) is 0 Å². The summed E-state index contributed by atoms with van der Waals surface area (Å²) >= 11 is 0. The molecule has 0 unspecified atom stereocenters. The molecule has 1 heterocycles. The minimum absolute atomic E-state index is 0.0318. The normalized spacial score (nSPS) is 17.5. The smallest absolute Gasteiger partial charge is 0.396 e. The van der Waals surface area contributed by atoms with E-state index in [0.717, 1.165) is 0 Å². The maximum absolute atomic E-state index is 12.9. The minimum Gasteiger partial charge on any atom is -0.396 e. The summed E-state index contributed by atoms with van der Waals surface area (Å²) < 4.78 is 46.3. The average molecular weight is 249 g/mol. The van der Waals surface area contributed by atoms with E-state index >= 15 is 0 Å². The Kier molecular flexibility index (Phi) is 2.17. The molecule has 7 heteroatoms. The molecule has 4 nitrogen and oxygen atoms in total. The molecule has 0 atom stereocenters. The second-order valence-electron chi connectivity index (χ2n) is 3.85. The van der Waals surface area contributed by atoms with Crippen molar-refractivity contribution in [3.63, 3.8) is 0 Å². The molecule has 0 saturated carbocycles. The first-order chi connectivity index (χ1) is 7.21. The van der Waals surface area contributed by atoms with Gasteiger partial charge in [-0.05, 0) is 25.5 Å². The molecule has 0 radical (unpaired) electrons. The molecule has 1 aromatic rings. The number of fused-ring (bicyclic) bond motifs is 1. The molecule has 88 valence electrons. The van der Waals surface area contributed by atoms with E-state index < -0.39 is 13.4 Å². The number of ether oxygens (including phenoxy) is 2. The van der Waals surface area contributed by atoms with Crippen LogP contribution in [0.25, 0.3) is 0 Å². The molecule has 0 amide bonds. The van der Waals surface area contributed by atoms with Gasteiger partial charge in [-0.2, -0.15) is 0 Å². The Morgan fingerprint density at radius 1 is 1.25 bits per heavy atom. The van der Waals surface area contributed by atoms with Crippen molar-refractivity contribution in [2.45, 2.75) is 6.29 Å². The van der Waals surface area contributed by atoms with Crippen LogP contribution in [0.2, 0.25) is 0 Å². The zero-order valence-corrected chi connectivity index (χ0v) is 9.55. The number of halogens is 2. The minimum atomic E-state index is -3.75. The molecule has 0 fully saturated rings. The van der Waals surface area contributed by atoms with E-state index in [1.807, 2.05) is 0 Å². The van der Waals surface area contributed by atoms with Gasteiger partial charge < -0.3 is 19.8 Å². The van der Waals surface area contributed by atoms with Crippen molar-refractivity contribution in [1.29, 1.82) is 0 Å². The summed E-state index contributed by atoms with van der Waals surface area (Å²) in [5.41, 5.74) is 5.51. The first-order valence-electron chi connectivity index (χ1n) is 4.44. The quantitative estimate of drug-likeness (QED) is 0.609. The lowest BCUT2D eigenvalue weighted by atomic mass is 10.3. The van der Waals surface area contributed by atoms with Gasteiger partial charge in [-0.25, -0.2) is 0 Å². The summed E-state index contributed by atoms with van der Waals surface area (Å²) in [5, 5.41) is 0.203. The number of nitrogens with two attached hydrogens (primary N) is 1. The van der Waals surface area contributed by atoms with Crippen LogP contribution in [0, 0.1) is 0 Å². The van der Waals surface area contributed by atoms with E-state index in [2.05, 4.69) is 9.47 Å². The van der Waals surface area contributed by atoms with Crippen molar-refractivity contribution in [3.05, 3.63) is 12.1 Å². The number of hydrogen-bond acceptors (Lipinski definition) is 4. The summed E-state index contributed by atoms with van der Waals surface area (Å²) in [4.78, 5) is 0. The number of nitrogen functional groups attached to an aromatic ring is 1. The van der Waals surface area contributed by atoms with Gasteiger partial charge in [-0.1, -0.05) is 0 Å². The van der Waals surface area contributed by atoms with Crippen LogP contribution in [-0.2, 0) is 4.57 Å². The van der Waals surface area contributed by atoms with Crippen LogP contribution in [0.15, 0.2) is 12.1 Å². The van der Waals surface area contributed by atoms with Crippen molar-refractivity contribution in [1.82, 2.24) is 0 Å². The molecule has 2 rings (SSSR count). The second-order valence-corrected chi connectivity index (χ2v) is 7.03. The molecule has 0 bridgehead atoms. The second kappa shape index (κ2) is 3.10. The number of benzene rings is 1. The zero-order valence-electron chi connectivity index (χ0n) is 8.66. The van der Waals surface area contributed by atoms with Crippen molar-refractivity contribution < 1.29 is 22.8 Å². The Morgan fingerprint density at radius 3 is 2.38 bits per heavy atom. The lowest BCUT2D eigenvalue weighted by molar-refractivity contribution is -0.286. The maximum Gasteiger partial charge on any atom is 0.586 e. The fourth-order valence-corrected chi connectivity index (χ4v) is 2.52. The highest BCUT2D eigenvalue weighted by atomic mass is 31.2. The third-order valence-electron chi connectivity index (χ3n) is 2.14. The van der Waals surface area contributed by atoms with Gasteiger partial charge in [0, 0.05) is 0 Å². The van der Waals surface area contributed by atoms with Crippen molar-refractivity contribution in [3.8, 4) is 11.5 Å². The molecular formula is C9H10F2NO3P. The van der Waals surface area contributed by atoms with Gasteiger partial charge >= 0.3 is 6.29 Å². The first kappa shape index (κ1) is 11.2. The van der Waals surface area contributed by atoms with Crippen molar-refractivity contribution in [2.75, 3.05) is 19.1 Å². The number of rotatable bonds is 1. The molecule has 2 N–H and O–H groups in total. The molecule has 0 aromatic heterocycles. The van der Waals surface area contributed by atoms with E-state index in [0.29, 0.717) is 0 Å². The van der Waals surface area contributed by atoms with Crippen LogP contribution in [0.5, 0.6) is 11.5 Å². The highest BCUT2D eigenvalue weighted by Crippen LogP contribution is 2.49. The van der Waals surface area contributed by atoms with Crippen LogP contribution < -0.4 is 20.5 Å². The lowest BCUT2D eigenvalue weighted by Gasteiger charge is -2.10. The average Bonchev–Trinajstić information content (AvgIpc) is 2.39. The fraction of sp³-hybridized carbons (Fsp3) is 0.333. The Labute approximate surface area is 90.7 Å². The third kappa shape index (κ3) is 1.73. The highest BCUT2D eigenvalue weighted by molar-refractivity contribution is 7.70. The van der Waals surface area contributed by atoms with Gasteiger partial charge in [0.25, 0.3) is 0 Å². The molecular weight excluding hydrogens is 239 g/mol. The van der Waals surface area contributed by atoms with E-state index in [1.165, 1.54) is 25.5 Å².